The van der Waals surface area contributed by atoms with Crippen LogP contribution >= 0.6 is 0 Å². The van der Waals surface area contributed by atoms with Crippen molar-refractivity contribution in [2.75, 3.05) is 50.3 Å². The normalized spacial score (nSPS) is 14.0. The number of para-hydroxylation sites is 1. The van der Waals surface area contributed by atoms with Crippen LogP contribution in [0.3, 0.4) is 0 Å². The number of benzene rings is 1. The van der Waals surface area contributed by atoms with E-state index in [1.807, 2.05) is 29.0 Å². The highest BCUT2D eigenvalue weighted by atomic mass is 19.3. The van der Waals surface area contributed by atoms with E-state index in [-0.39, 0.29) is 5.95 Å². The molecule has 35 heavy (non-hydrogen) atoms. The van der Waals surface area contributed by atoms with Crippen LogP contribution in [0.5, 0.6) is 5.75 Å². The van der Waals surface area contributed by atoms with Gasteiger partial charge in [-0.15, -0.1) is 0 Å². The van der Waals surface area contributed by atoms with Gasteiger partial charge in [0.25, 0.3) is 6.43 Å². The number of anilines is 2. The smallest absolute Gasteiger partial charge is 0.296 e. The minimum absolute atomic E-state index is 0.0594. The van der Waals surface area contributed by atoms with Gasteiger partial charge >= 0.3 is 0 Å². The van der Waals surface area contributed by atoms with Crippen LogP contribution in [-0.4, -0.2) is 69.9 Å². The van der Waals surface area contributed by atoms with Crippen LogP contribution in [0, 0.1) is 0 Å². The van der Waals surface area contributed by atoms with Crippen LogP contribution in [0.4, 0.5) is 20.7 Å². The van der Waals surface area contributed by atoms with Crippen LogP contribution in [0.2, 0.25) is 0 Å². The van der Waals surface area contributed by atoms with Gasteiger partial charge in [-0.2, -0.15) is 15.0 Å². The third-order valence-corrected chi connectivity index (χ3v) is 5.69. The molecular formula is C23H24F2N8O2. The molecule has 0 aliphatic carbocycles. The van der Waals surface area contributed by atoms with Crippen molar-refractivity contribution in [2.24, 2.45) is 0 Å². The number of rotatable bonds is 7. The Balaban J connectivity index is 1.66. The van der Waals surface area contributed by atoms with E-state index >= 15 is 0 Å². The summed E-state index contributed by atoms with van der Waals surface area (Å²) in [6.45, 7) is 2.70. The molecule has 12 heteroatoms. The summed E-state index contributed by atoms with van der Waals surface area (Å²) in [4.78, 5) is 25.9. The highest BCUT2D eigenvalue weighted by Crippen LogP contribution is 2.32. The second-order valence-electron chi connectivity index (χ2n) is 7.98. The standard InChI is InChI=1S/C23H24F2N8O2/c1-31(14-15-6-8-26-9-7-15)21-28-22(32-10-12-35-13-11-32)30-23(29-21)33-16-4-3-5-17(34-2)18(16)27-20(33)19(24)25/h3-9,19H,10-14H2,1-2H3. The molecular weight excluding hydrogens is 458 g/mol. The van der Waals surface area contributed by atoms with E-state index < -0.39 is 12.2 Å². The molecule has 182 valence electrons. The lowest BCUT2D eigenvalue weighted by Crippen LogP contribution is -2.38. The monoisotopic (exact) mass is 482 g/mol. The minimum atomic E-state index is -2.85. The third-order valence-electron chi connectivity index (χ3n) is 5.69. The molecule has 0 bridgehead atoms. The van der Waals surface area contributed by atoms with Gasteiger partial charge in [0.05, 0.1) is 25.8 Å². The van der Waals surface area contributed by atoms with Crippen LogP contribution in [0.25, 0.3) is 17.0 Å². The Morgan fingerprint density at radius 1 is 1.03 bits per heavy atom. The lowest BCUT2D eigenvalue weighted by molar-refractivity contribution is 0.122. The van der Waals surface area contributed by atoms with Gasteiger partial charge < -0.3 is 19.3 Å². The molecule has 0 radical (unpaired) electrons. The average Bonchev–Trinajstić information content (AvgIpc) is 3.30. The molecule has 0 unspecified atom stereocenters. The van der Waals surface area contributed by atoms with Crippen LogP contribution in [0.1, 0.15) is 17.8 Å². The zero-order valence-electron chi connectivity index (χ0n) is 19.3. The summed E-state index contributed by atoms with van der Waals surface area (Å²) in [7, 11) is 3.31. The predicted molar refractivity (Wildman–Crippen MR) is 125 cm³/mol. The molecule has 1 fully saturated rings. The molecule has 4 heterocycles. The van der Waals surface area contributed by atoms with Gasteiger partial charge in [-0.3, -0.25) is 9.55 Å². The number of alkyl halides is 2. The Morgan fingerprint density at radius 2 is 1.77 bits per heavy atom. The summed E-state index contributed by atoms with van der Waals surface area (Å²) < 4.78 is 40.4. The zero-order chi connectivity index (χ0) is 24.4. The lowest BCUT2D eigenvalue weighted by atomic mass is 10.2. The highest BCUT2D eigenvalue weighted by molar-refractivity contribution is 5.84. The van der Waals surface area contributed by atoms with E-state index in [1.54, 1.807) is 30.6 Å². The first-order valence-corrected chi connectivity index (χ1v) is 11.1. The first-order chi connectivity index (χ1) is 17.0. The summed E-state index contributed by atoms with van der Waals surface area (Å²) in [5.74, 6) is 0.717. The van der Waals surface area contributed by atoms with Gasteiger partial charge in [-0.25, -0.2) is 13.8 Å². The number of hydrogen-bond acceptors (Lipinski definition) is 9. The largest absolute Gasteiger partial charge is 0.494 e. The number of hydrogen-bond donors (Lipinski definition) is 0. The number of pyridine rings is 1. The number of morpholine rings is 1. The molecule has 0 amide bonds. The van der Waals surface area contributed by atoms with Gasteiger partial charge in [0.15, 0.2) is 5.82 Å². The molecule has 3 aromatic heterocycles. The zero-order valence-corrected chi connectivity index (χ0v) is 19.3. The van der Waals surface area contributed by atoms with Crippen molar-refractivity contribution in [1.82, 2.24) is 29.5 Å². The fraction of sp³-hybridized carbons (Fsp3) is 0.348. The molecule has 0 spiro atoms. The van der Waals surface area contributed by atoms with E-state index in [4.69, 9.17) is 9.47 Å². The Bertz CT molecular complexity index is 1310. The first kappa shape index (κ1) is 22.8. The molecule has 0 atom stereocenters. The summed E-state index contributed by atoms with van der Waals surface area (Å²) in [6.07, 6.45) is 0.566. The van der Waals surface area contributed by atoms with E-state index in [2.05, 4.69) is 24.9 Å². The van der Waals surface area contributed by atoms with Gasteiger partial charge in [0.2, 0.25) is 17.8 Å². The van der Waals surface area contributed by atoms with Crippen LogP contribution in [0.15, 0.2) is 42.7 Å². The molecule has 1 saturated heterocycles. The lowest BCUT2D eigenvalue weighted by Gasteiger charge is -2.28. The fourth-order valence-corrected chi connectivity index (χ4v) is 3.96. The highest BCUT2D eigenvalue weighted by Gasteiger charge is 2.26. The number of nitrogens with zero attached hydrogens (tertiary/aromatic N) is 8. The summed E-state index contributed by atoms with van der Waals surface area (Å²) in [6, 6.07) is 8.87. The van der Waals surface area contributed by atoms with Crippen molar-refractivity contribution in [1.29, 1.82) is 0 Å². The first-order valence-electron chi connectivity index (χ1n) is 11.1. The second kappa shape index (κ2) is 9.74. The van der Waals surface area contributed by atoms with Gasteiger partial charge in [-0.1, -0.05) is 6.07 Å². The number of halogens is 2. The maximum absolute atomic E-state index is 14.2. The quantitative estimate of drug-likeness (QED) is 0.394. The topological polar surface area (TPSA) is 94.3 Å². The molecule has 4 aromatic rings. The molecule has 1 aromatic carbocycles. The summed E-state index contributed by atoms with van der Waals surface area (Å²) in [5, 5.41) is 0. The number of ether oxygens (including phenoxy) is 2. The molecule has 10 nitrogen and oxygen atoms in total. The Kier molecular flexibility index (Phi) is 6.36. The van der Waals surface area contributed by atoms with Gasteiger partial charge in [0.1, 0.15) is 11.3 Å². The van der Waals surface area contributed by atoms with Crippen molar-refractivity contribution < 1.29 is 18.3 Å². The maximum Gasteiger partial charge on any atom is 0.296 e. The SMILES string of the molecule is COc1cccc2c1nc(C(F)F)n2-c1nc(N(C)Cc2ccncc2)nc(N2CCOCC2)n1. The van der Waals surface area contributed by atoms with E-state index in [9.17, 15) is 8.78 Å². The number of aromatic nitrogens is 6. The Labute approximate surface area is 200 Å². The molecule has 0 saturated carbocycles. The average molecular weight is 482 g/mol. The van der Waals surface area contributed by atoms with Crippen LogP contribution in [-0.2, 0) is 11.3 Å². The Hall–Kier alpha value is -3.93. The summed E-state index contributed by atoms with van der Waals surface area (Å²) >= 11 is 0. The van der Waals surface area contributed by atoms with E-state index in [0.29, 0.717) is 61.5 Å². The summed E-state index contributed by atoms with van der Waals surface area (Å²) in [5.41, 5.74) is 1.73. The number of imidazole rings is 1. The van der Waals surface area contributed by atoms with Gasteiger partial charge in [0, 0.05) is 39.1 Å². The van der Waals surface area contributed by atoms with Crippen molar-refractivity contribution in [3.8, 4) is 11.7 Å². The predicted octanol–water partition coefficient (Wildman–Crippen LogP) is 3.02. The maximum atomic E-state index is 14.2. The minimum Gasteiger partial charge on any atom is -0.494 e. The Morgan fingerprint density at radius 3 is 2.49 bits per heavy atom. The number of methoxy groups -OCH3 is 1. The molecule has 1 aliphatic heterocycles. The van der Waals surface area contributed by atoms with Crippen molar-refractivity contribution in [3.63, 3.8) is 0 Å². The molecule has 5 rings (SSSR count). The number of fused-ring (bicyclic) bond motifs is 1. The fourth-order valence-electron chi connectivity index (χ4n) is 3.96. The molecule has 0 N–H and O–H groups in total. The van der Waals surface area contributed by atoms with Crippen molar-refractivity contribution in [2.45, 2.75) is 13.0 Å². The molecule has 1 aliphatic rings. The third kappa shape index (κ3) is 4.56. The van der Waals surface area contributed by atoms with Crippen LogP contribution < -0.4 is 14.5 Å². The van der Waals surface area contributed by atoms with E-state index in [1.165, 1.54) is 11.7 Å². The van der Waals surface area contributed by atoms with Crippen molar-refractivity contribution in [3.05, 3.63) is 54.1 Å². The second-order valence-corrected chi connectivity index (χ2v) is 7.98. The van der Waals surface area contributed by atoms with Gasteiger partial charge in [-0.05, 0) is 29.8 Å². The van der Waals surface area contributed by atoms with E-state index in [0.717, 1.165) is 5.56 Å². The van der Waals surface area contributed by atoms with Crippen molar-refractivity contribution >= 4 is 22.9 Å².